The van der Waals surface area contributed by atoms with Crippen molar-refractivity contribution in [3.8, 4) is 0 Å². The molecular weight excluding hydrogens is 597 g/mol. The number of alkyl halides is 3. The first-order valence-electron chi connectivity index (χ1n) is 13.8. The van der Waals surface area contributed by atoms with Crippen LogP contribution in [0.25, 0.3) is 0 Å². The Morgan fingerprint density at radius 1 is 1.07 bits per heavy atom. The lowest BCUT2D eigenvalue weighted by Crippen LogP contribution is -2.52. The fourth-order valence-electron chi connectivity index (χ4n) is 4.83. The zero-order valence-corrected chi connectivity index (χ0v) is 25.0. The van der Waals surface area contributed by atoms with E-state index in [1.807, 2.05) is 4.90 Å². The molecule has 0 aromatic heterocycles. The monoisotopic (exact) mass is 631 g/mol. The summed E-state index contributed by atoms with van der Waals surface area (Å²) in [5, 5.41) is 7.92. The van der Waals surface area contributed by atoms with E-state index in [0.29, 0.717) is 30.3 Å². The van der Waals surface area contributed by atoms with Crippen molar-refractivity contribution < 1.29 is 36.3 Å². The van der Waals surface area contributed by atoms with E-state index in [-0.39, 0.29) is 36.3 Å². The van der Waals surface area contributed by atoms with Crippen LogP contribution in [0.2, 0.25) is 5.02 Å². The zero-order chi connectivity index (χ0) is 32.1. The third-order valence-electron chi connectivity index (χ3n) is 7.16. The number of amides is 3. The summed E-state index contributed by atoms with van der Waals surface area (Å²) in [6.45, 7) is 7.05. The minimum atomic E-state index is -4.26. The molecule has 1 aliphatic heterocycles. The van der Waals surface area contributed by atoms with Crippen LogP contribution in [-0.4, -0.2) is 67.1 Å². The second kappa shape index (κ2) is 14.3. The van der Waals surface area contributed by atoms with Crippen molar-refractivity contribution in [3.63, 3.8) is 0 Å². The standard InChI is InChI=1S/C29H35ClF5N5O3/c1-16(2)26(37-18(4)41)28(43)36-14-19-5-7-21(25(32)24(19)31)27(42)38-22-8-6-20(30)13-23(22)40-12-11-39(17(3)15-40)10-9-29(33,34)35/h5-8,13,16-17,26H,9-12,14-15H2,1-4H3,(H,36,43)(H,37,41)(H,38,42)/t17-,26-/m1/s1. The second-order valence-electron chi connectivity index (χ2n) is 10.9. The van der Waals surface area contributed by atoms with E-state index in [1.165, 1.54) is 25.1 Å². The maximum Gasteiger partial charge on any atom is 0.390 e. The first kappa shape index (κ1) is 34.0. The van der Waals surface area contributed by atoms with Crippen molar-refractivity contribution in [3.05, 3.63) is 58.1 Å². The van der Waals surface area contributed by atoms with Gasteiger partial charge >= 0.3 is 6.18 Å². The molecule has 0 bridgehead atoms. The molecule has 14 heteroatoms. The van der Waals surface area contributed by atoms with Crippen LogP contribution in [0.3, 0.4) is 0 Å². The van der Waals surface area contributed by atoms with Crippen LogP contribution >= 0.6 is 11.6 Å². The van der Waals surface area contributed by atoms with E-state index in [2.05, 4.69) is 16.0 Å². The van der Waals surface area contributed by atoms with E-state index in [9.17, 15) is 31.9 Å². The summed E-state index contributed by atoms with van der Waals surface area (Å²) in [6.07, 6.45) is -5.18. The summed E-state index contributed by atoms with van der Waals surface area (Å²) in [5.41, 5.74) is -0.0177. The molecule has 3 rings (SSSR count). The van der Waals surface area contributed by atoms with E-state index in [1.54, 1.807) is 31.7 Å². The van der Waals surface area contributed by atoms with Gasteiger partial charge in [-0.2, -0.15) is 13.2 Å². The number of benzene rings is 2. The molecule has 1 heterocycles. The van der Waals surface area contributed by atoms with Gasteiger partial charge in [-0.25, -0.2) is 8.78 Å². The van der Waals surface area contributed by atoms with Gasteiger partial charge in [0.05, 0.1) is 23.4 Å². The van der Waals surface area contributed by atoms with Crippen LogP contribution in [0, 0.1) is 17.6 Å². The maximum absolute atomic E-state index is 15.0. The molecule has 8 nitrogen and oxygen atoms in total. The number of piperazine rings is 1. The minimum absolute atomic E-state index is 0.129. The Bertz CT molecular complexity index is 1340. The number of nitrogens with zero attached hydrogens (tertiary/aromatic N) is 2. The van der Waals surface area contributed by atoms with Crippen LogP contribution in [0.4, 0.5) is 33.3 Å². The van der Waals surface area contributed by atoms with Crippen LogP contribution in [-0.2, 0) is 16.1 Å². The van der Waals surface area contributed by atoms with Crippen LogP contribution < -0.4 is 20.9 Å². The van der Waals surface area contributed by atoms with Crippen molar-refractivity contribution in [2.24, 2.45) is 5.92 Å². The lowest BCUT2D eigenvalue weighted by molar-refractivity contribution is -0.139. The molecule has 2 aromatic rings. The Kier molecular flexibility index (Phi) is 11.4. The van der Waals surface area contributed by atoms with Crippen molar-refractivity contribution in [2.45, 2.75) is 58.9 Å². The van der Waals surface area contributed by atoms with Gasteiger partial charge < -0.3 is 20.9 Å². The molecular formula is C29H35ClF5N5O3. The van der Waals surface area contributed by atoms with E-state index in [0.717, 1.165) is 6.07 Å². The highest BCUT2D eigenvalue weighted by molar-refractivity contribution is 6.31. The number of nitrogens with one attached hydrogen (secondary N) is 3. The van der Waals surface area contributed by atoms with Gasteiger partial charge in [0, 0.05) is 56.3 Å². The first-order valence-corrected chi connectivity index (χ1v) is 14.1. The Hall–Kier alpha value is -3.45. The maximum atomic E-state index is 15.0. The largest absolute Gasteiger partial charge is 0.390 e. The number of carbonyl (C=O) groups is 3. The highest BCUT2D eigenvalue weighted by Crippen LogP contribution is 2.32. The van der Waals surface area contributed by atoms with Crippen LogP contribution in [0.1, 0.15) is 50.0 Å². The highest BCUT2D eigenvalue weighted by Gasteiger charge is 2.32. The van der Waals surface area contributed by atoms with Gasteiger partial charge in [-0.1, -0.05) is 31.5 Å². The fraction of sp³-hybridized carbons (Fsp3) is 0.483. The van der Waals surface area contributed by atoms with Gasteiger partial charge in [0.15, 0.2) is 11.6 Å². The van der Waals surface area contributed by atoms with E-state index < -0.39 is 53.6 Å². The van der Waals surface area contributed by atoms with E-state index >= 15 is 4.39 Å². The summed E-state index contributed by atoms with van der Waals surface area (Å²) >= 11 is 6.20. The number of anilines is 2. The molecule has 3 amide bonds. The summed E-state index contributed by atoms with van der Waals surface area (Å²) in [5.74, 6) is -4.89. The summed E-state index contributed by atoms with van der Waals surface area (Å²) in [6, 6.07) is 5.79. The minimum Gasteiger partial charge on any atom is -0.367 e. The molecule has 0 spiro atoms. The van der Waals surface area contributed by atoms with Gasteiger partial charge in [0.1, 0.15) is 6.04 Å². The van der Waals surface area contributed by atoms with Crippen molar-refractivity contribution in [1.82, 2.24) is 15.5 Å². The van der Waals surface area contributed by atoms with Gasteiger partial charge in [-0.05, 0) is 37.1 Å². The first-order chi connectivity index (χ1) is 20.1. The predicted octanol–water partition coefficient (Wildman–Crippen LogP) is 5.11. The second-order valence-corrected chi connectivity index (χ2v) is 11.3. The topological polar surface area (TPSA) is 93.8 Å². The number of halogens is 6. The molecule has 1 aliphatic rings. The quantitative estimate of drug-likeness (QED) is 0.317. The smallest absolute Gasteiger partial charge is 0.367 e. The highest BCUT2D eigenvalue weighted by atomic mass is 35.5. The van der Waals surface area contributed by atoms with Gasteiger partial charge in [-0.15, -0.1) is 0 Å². The molecule has 236 valence electrons. The third kappa shape index (κ3) is 9.27. The fourth-order valence-corrected chi connectivity index (χ4v) is 4.99. The number of hydrogen-bond acceptors (Lipinski definition) is 5. The van der Waals surface area contributed by atoms with Gasteiger partial charge in [0.2, 0.25) is 11.8 Å². The SMILES string of the molecule is CC(=O)N[C@@H](C(=O)NCc1ccc(C(=O)Nc2ccc(Cl)cc2N2CCN(CCC(F)(F)F)[C@H](C)C2)c(F)c1F)C(C)C. The van der Waals surface area contributed by atoms with Gasteiger partial charge in [0.25, 0.3) is 5.91 Å². The lowest BCUT2D eigenvalue weighted by Gasteiger charge is -2.41. The average molecular weight is 632 g/mol. The van der Waals surface area contributed by atoms with Crippen LogP contribution in [0.5, 0.6) is 0 Å². The van der Waals surface area contributed by atoms with Crippen LogP contribution in [0.15, 0.2) is 30.3 Å². The molecule has 0 aliphatic carbocycles. The molecule has 0 radical (unpaired) electrons. The Morgan fingerprint density at radius 3 is 2.37 bits per heavy atom. The number of carbonyl (C=O) groups excluding carboxylic acids is 3. The average Bonchev–Trinajstić information content (AvgIpc) is 2.91. The Labute approximate surface area is 251 Å². The molecule has 2 aromatic carbocycles. The Balaban J connectivity index is 1.72. The normalized spacial score (nSPS) is 16.6. The number of hydrogen-bond donors (Lipinski definition) is 3. The predicted molar refractivity (Wildman–Crippen MR) is 154 cm³/mol. The molecule has 43 heavy (non-hydrogen) atoms. The third-order valence-corrected chi connectivity index (χ3v) is 7.40. The lowest BCUT2D eigenvalue weighted by atomic mass is 10.0. The molecule has 1 saturated heterocycles. The van der Waals surface area contributed by atoms with E-state index in [4.69, 9.17) is 11.6 Å². The summed E-state index contributed by atoms with van der Waals surface area (Å²) in [7, 11) is 0. The van der Waals surface area contributed by atoms with Crippen molar-refractivity contribution >= 4 is 40.7 Å². The summed E-state index contributed by atoms with van der Waals surface area (Å²) < 4.78 is 68.1. The molecule has 0 saturated carbocycles. The molecule has 2 atom stereocenters. The van der Waals surface area contributed by atoms with Gasteiger partial charge in [-0.3, -0.25) is 19.3 Å². The molecule has 1 fully saturated rings. The van der Waals surface area contributed by atoms with Crippen molar-refractivity contribution in [2.75, 3.05) is 36.4 Å². The molecule has 0 unspecified atom stereocenters. The molecule has 3 N–H and O–H groups in total. The van der Waals surface area contributed by atoms with Crippen molar-refractivity contribution in [1.29, 1.82) is 0 Å². The Morgan fingerprint density at radius 2 is 1.77 bits per heavy atom. The summed E-state index contributed by atoms with van der Waals surface area (Å²) in [4.78, 5) is 40.5. The zero-order valence-electron chi connectivity index (χ0n) is 24.2. The number of rotatable bonds is 10.